The third-order valence-electron chi connectivity index (χ3n) is 5.23. The zero-order valence-corrected chi connectivity index (χ0v) is 18.6. The lowest BCUT2D eigenvalue weighted by Gasteiger charge is -2.33. The van der Waals surface area contributed by atoms with E-state index >= 15 is 0 Å². The molecule has 8 nitrogen and oxygen atoms in total. The maximum absolute atomic E-state index is 13.3. The molecule has 0 spiro atoms. The highest BCUT2D eigenvalue weighted by Crippen LogP contribution is 2.26. The van der Waals surface area contributed by atoms with E-state index in [1.807, 2.05) is 39.8 Å². The molecule has 1 aliphatic rings. The first-order valence-corrected chi connectivity index (χ1v) is 11.5. The Morgan fingerprint density at radius 1 is 1.13 bits per heavy atom. The van der Waals surface area contributed by atoms with Crippen LogP contribution in [0.1, 0.15) is 38.0 Å². The van der Waals surface area contributed by atoms with Crippen LogP contribution in [0.4, 0.5) is 0 Å². The van der Waals surface area contributed by atoms with Gasteiger partial charge in [-0.1, -0.05) is 38.1 Å². The largest absolute Gasteiger partial charge is 0.339 e. The number of benzene rings is 1. The minimum Gasteiger partial charge on any atom is -0.339 e. The van der Waals surface area contributed by atoms with E-state index in [1.54, 1.807) is 18.3 Å². The van der Waals surface area contributed by atoms with Gasteiger partial charge in [-0.3, -0.25) is 9.88 Å². The summed E-state index contributed by atoms with van der Waals surface area (Å²) >= 11 is 0. The van der Waals surface area contributed by atoms with E-state index in [1.165, 1.54) is 4.31 Å². The number of piperazine rings is 1. The van der Waals surface area contributed by atoms with Crippen molar-refractivity contribution in [1.29, 1.82) is 0 Å². The molecule has 0 saturated carbocycles. The Balaban J connectivity index is 1.47. The Labute approximate surface area is 176 Å². The molecule has 0 unspecified atom stereocenters. The van der Waals surface area contributed by atoms with Crippen LogP contribution in [0.15, 0.2) is 39.9 Å². The van der Waals surface area contributed by atoms with Crippen molar-refractivity contribution < 1.29 is 12.9 Å². The first-order chi connectivity index (χ1) is 14.1. The van der Waals surface area contributed by atoms with Gasteiger partial charge in [-0.2, -0.15) is 9.29 Å². The van der Waals surface area contributed by atoms with Crippen LogP contribution in [0.3, 0.4) is 0 Å². The molecule has 3 aromatic rings. The Bertz CT molecular complexity index is 1160. The van der Waals surface area contributed by atoms with Crippen molar-refractivity contribution in [3.8, 4) is 0 Å². The molecule has 0 bridgehead atoms. The number of fused-ring (bicyclic) bond motifs is 1. The molecular weight excluding hydrogens is 402 g/mol. The smallest absolute Gasteiger partial charge is 0.245 e. The van der Waals surface area contributed by atoms with Crippen LogP contribution in [-0.4, -0.2) is 58.9 Å². The molecule has 2 aromatic heterocycles. The molecule has 0 radical (unpaired) electrons. The van der Waals surface area contributed by atoms with Gasteiger partial charge in [0.05, 0.1) is 12.1 Å². The Kier molecular flexibility index (Phi) is 5.37. The fourth-order valence-electron chi connectivity index (χ4n) is 3.54. The highest BCUT2D eigenvalue weighted by molar-refractivity contribution is 7.89. The molecule has 1 aromatic carbocycles. The number of aromatic nitrogens is 3. The van der Waals surface area contributed by atoms with Gasteiger partial charge in [0.2, 0.25) is 15.9 Å². The van der Waals surface area contributed by atoms with Crippen LogP contribution < -0.4 is 0 Å². The van der Waals surface area contributed by atoms with Crippen molar-refractivity contribution in [1.82, 2.24) is 24.3 Å². The predicted molar refractivity (Wildman–Crippen MR) is 114 cm³/mol. The number of sulfonamides is 1. The lowest BCUT2D eigenvalue weighted by molar-refractivity contribution is 0.176. The number of aryl methyl sites for hydroxylation is 1. The van der Waals surface area contributed by atoms with Crippen molar-refractivity contribution in [2.45, 2.75) is 44.6 Å². The van der Waals surface area contributed by atoms with E-state index in [2.05, 4.69) is 20.0 Å². The standard InChI is InChI=1S/C21H27N5O3S/c1-15-12-16-6-5-7-17(19(16)22-13-15)30(27,28)26-10-8-25(9-11-26)14-18-23-20(29-24-18)21(2,3)4/h5-7,12-13H,8-11,14H2,1-4H3. The highest BCUT2D eigenvalue weighted by atomic mass is 32.2. The van der Waals surface area contributed by atoms with Gasteiger partial charge in [0.25, 0.3) is 0 Å². The summed E-state index contributed by atoms with van der Waals surface area (Å²) in [6, 6.07) is 7.26. The number of nitrogens with zero attached hydrogens (tertiary/aromatic N) is 5. The molecule has 4 rings (SSSR count). The molecule has 9 heteroatoms. The quantitative estimate of drug-likeness (QED) is 0.629. The SMILES string of the molecule is Cc1cnc2c(S(=O)(=O)N3CCN(Cc4noc(C(C)(C)C)n4)CC3)cccc2c1. The fraction of sp³-hybridized carbons (Fsp3) is 0.476. The fourth-order valence-corrected chi connectivity index (χ4v) is 5.13. The molecule has 0 N–H and O–H groups in total. The van der Waals surface area contributed by atoms with Gasteiger partial charge in [0, 0.05) is 43.2 Å². The first-order valence-electron chi connectivity index (χ1n) is 10.1. The van der Waals surface area contributed by atoms with Gasteiger partial charge in [-0.15, -0.1) is 0 Å². The number of hydrogen-bond donors (Lipinski definition) is 0. The van der Waals surface area contributed by atoms with Gasteiger partial charge < -0.3 is 4.52 Å². The highest BCUT2D eigenvalue weighted by Gasteiger charge is 2.31. The van der Waals surface area contributed by atoms with E-state index in [9.17, 15) is 8.42 Å². The summed E-state index contributed by atoms with van der Waals surface area (Å²) in [6.07, 6.45) is 1.70. The summed E-state index contributed by atoms with van der Waals surface area (Å²) in [4.78, 5) is 11.3. The molecule has 1 saturated heterocycles. The third kappa shape index (κ3) is 4.10. The van der Waals surface area contributed by atoms with Crippen molar-refractivity contribution in [3.05, 3.63) is 47.7 Å². The Hall–Kier alpha value is -2.36. The monoisotopic (exact) mass is 429 g/mol. The lowest BCUT2D eigenvalue weighted by Crippen LogP contribution is -2.48. The molecule has 3 heterocycles. The van der Waals surface area contributed by atoms with Crippen LogP contribution in [0, 0.1) is 6.92 Å². The zero-order chi connectivity index (χ0) is 21.5. The van der Waals surface area contributed by atoms with Crippen molar-refractivity contribution in [2.24, 2.45) is 0 Å². The van der Waals surface area contributed by atoms with Crippen molar-refractivity contribution in [2.75, 3.05) is 26.2 Å². The summed E-state index contributed by atoms with van der Waals surface area (Å²) in [6.45, 7) is 10.6. The minimum atomic E-state index is -3.62. The lowest BCUT2D eigenvalue weighted by atomic mass is 9.97. The summed E-state index contributed by atoms with van der Waals surface area (Å²) < 4.78 is 33.5. The minimum absolute atomic E-state index is 0.191. The second kappa shape index (κ2) is 7.72. The van der Waals surface area contributed by atoms with Crippen LogP contribution >= 0.6 is 0 Å². The molecular formula is C21H27N5O3S. The van der Waals surface area contributed by atoms with Crippen molar-refractivity contribution in [3.63, 3.8) is 0 Å². The number of pyridine rings is 1. The number of hydrogen-bond acceptors (Lipinski definition) is 7. The predicted octanol–water partition coefficient (Wildman–Crippen LogP) is 2.73. The van der Waals surface area contributed by atoms with Gasteiger partial charge in [-0.05, 0) is 24.6 Å². The van der Waals surface area contributed by atoms with E-state index < -0.39 is 10.0 Å². The molecule has 160 valence electrons. The molecule has 0 aliphatic carbocycles. The Morgan fingerprint density at radius 3 is 2.53 bits per heavy atom. The van der Waals surface area contributed by atoms with E-state index in [-0.39, 0.29) is 10.3 Å². The van der Waals surface area contributed by atoms with Crippen molar-refractivity contribution >= 4 is 20.9 Å². The molecule has 30 heavy (non-hydrogen) atoms. The summed E-state index contributed by atoms with van der Waals surface area (Å²) in [5, 5.41) is 4.90. The zero-order valence-electron chi connectivity index (χ0n) is 17.8. The van der Waals surface area contributed by atoms with Crippen LogP contribution in [0.5, 0.6) is 0 Å². The van der Waals surface area contributed by atoms with E-state index in [0.29, 0.717) is 50.0 Å². The molecule has 1 fully saturated rings. The number of para-hydroxylation sites is 1. The third-order valence-corrected chi connectivity index (χ3v) is 7.16. The normalized spacial score (nSPS) is 16.9. The second-order valence-electron chi connectivity index (χ2n) is 8.79. The maximum Gasteiger partial charge on any atom is 0.245 e. The van der Waals surface area contributed by atoms with Gasteiger partial charge in [0.15, 0.2) is 5.82 Å². The number of rotatable bonds is 4. The summed E-state index contributed by atoms with van der Waals surface area (Å²) in [7, 11) is -3.62. The average molecular weight is 430 g/mol. The molecule has 1 aliphatic heterocycles. The van der Waals surface area contributed by atoms with Gasteiger partial charge >= 0.3 is 0 Å². The van der Waals surface area contributed by atoms with Gasteiger partial charge in [0.1, 0.15) is 4.90 Å². The summed E-state index contributed by atoms with van der Waals surface area (Å²) in [5.74, 6) is 1.24. The second-order valence-corrected chi connectivity index (χ2v) is 10.7. The summed E-state index contributed by atoms with van der Waals surface area (Å²) in [5.41, 5.74) is 1.33. The molecule has 0 amide bonds. The van der Waals surface area contributed by atoms with Crippen LogP contribution in [0.2, 0.25) is 0 Å². The molecule has 0 atom stereocenters. The van der Waals surface area contributed by atoms with Crippen LogP contribution in [-0.2, 0) is 22.0 Å². The average Bonchev–Trinajstić information content (AvgIpc) is 3.17. The van der Waals surface area contributed by atoms with Crippen LogP contribution in [0.25, 0.3) is 10.9 Å². The maximum atomic E-state index is 13.3. The van der Waals surface area contributed by atoms with Gasteiger partial charge in [-0.25, -0.2) is 8.42 Å². The topological polar surface area (TPSA) is 92.4 Å². The first kappa shape index (κ1) is 20.9. The van der Waals surface area contributed by atoms with E-state index in [0.717, 1.165) is 10.9 Å². The van der Waals surface area contributed by atoms with E-state index in [4.69, 9.17) is 4.52 Å². The Morgan fingerprint density at radius 2 is 1.87 bits per heavy atom.